The smallest absolute Gasteiger partial charge is 0.312 e. The second-order valence-electron chi connectivity index (χ2n) is 10.3. The van der Waals surface area contributed by atoms with Crippen molar-refractivity contribution in [1.29, 1.82) is 0 Å². The van der Waals surface area contributed by atoms with Gasteiger partial charge in [-0.05, 0) is 53.1 Å². The summed E-state index contributed by atoms with van der Waals surface area (Å²) in [6, 6.07) is 23.6. The van der Waals surface area contributed by atoms with Crippen molar-refractivity contribution >= 4 is 16.9 Å². The van der Waals surface area contributed by atoms with Crippen LogP contribution in [-0.4, -0.2) is 24.3 Å². The molecule has 0 radical (unpaired) electrons. The molecule has 1 aromatic heterocycles. The topological polar surface area (TPSA) is 95.2 Å². The van der Waals surface area contributed by atoms with Gasteiger partial charge in [0.25, 0.3) is 0 Å². The second-order valence-corrected chi connectivity index (χ2v) is 10.3. The first-order chi connectivity index (χ1) is 20.0. The molecule has 2 aliphatic rings. The Bertz CT molecular complexity index is 1850. The Labute approximate surface area is 235 Å². The van der Waals surface area contributed by atoms with Gasteiger partial charge in [-0.15, -0.1) is 0 Å². The molecule has 7 rings (SSSR count). The van der Waals surface area contributed by atoms with Crippen LogP contribution in [-0.2, 0) is 17.6 Å². The molecule has 5 aromatic rings. The van der Waals surface area contributed by atoms with Gasteiger partial charge in [-0.25, -0.2) is 0 Å². The van der Waals surface area contributed by atoms with Crippen LogP contribution in [0.15, 0.2) is 94.3 Å². The first-order valence-electron chi connectivity index (χ1n) is 13.6. The second kappa shape index (κ2) is 10.2. The van der Waals surface area contributed by atoms with Gasteiger partial charge < -0.3 is 23.7 Å². The van der Waals surface area contributed by atoms with Crippen molar-refractivity contribution in [3.05, 3.63) is 118 Å². The molecular weight excluding hydrogens is 520 g/mol. The normalized spacial score (nSPS) is 15.6. The van der Waals surface area contributed by atoms with E-state index in [0.717, 1.165) is 30.8 Å². The van der Waals surface area contributed by atoms with Crippen molar-refractivity contribution in [1.82, 2.24) is 0 Å². The third-order valence-electron chi connectivity index (χ3n) is 7.76. The summed E-state index contributed by atoms with van der Waals surface area (Å²) >= 11 is 0. The van der Waals surface area contributed by atoms with E-state index in [-0.39, 0.29) is 23.6 Å². The highest BCUT2D eigenvalue weighted by Gasteiger charge is 2.33. The SMILES string of the molecule is O=C1C[C@H](c2ccccc2OCCc2ccc3c(c2)CCO3)c2c(ccc3c(=O)c(-c4ccc(O)cc4)coc23)O1. The molecule has 0 amide bonds. The predicted molar refractivity (Wildman–Crippen MR) is 153 cm³/mol. The molecule has 0 fully saturated rings. The lowest BCUT2D eigenvalue weighted by Crippen LogP contribution is -2.22. The predicted octanol–water partition coefficient (Wildman–Crippen LogP) is 6.16. The number of phenols is 1. The number of carbonyl (C=O) groups is 1. The number of rotatable bonds is 6. The number of phenolic OH excluding ortho intramolecular Hbond substituents is 1. The summed E-state index contributed by atoms with van der Waals surface area (Å²) in [4.78, 5) is 26.3. The van der Waals surface area contributed by atoms with Crippen LogP contribution >= 0.6 is 0 Å². The van der Waals surface area contributed by atoms with Gasteiger partial charge in [0.05, 0.1) is 30.6 Å². The average Bonchev–Trinajstić information content (AvgIpc) is 3.46. The molecule has 0 spiro atoms. The number of carbonyl (C=O) groups excluding carboxylic acids is 1. The number of ether oxygens (including phenoxy) is 3. The van der Waals surface area contributed by atoms with Crippen LogP contribution in [0.3, 0.4) is 0 Å². The summed E-state index contributed by atoms with van der Waals surface area (Å²) < 4.78 is 23.6. The molecule has 0 aliphatic carbocycles. The zero-order valence-electron chi connectivity index (χ0n) is 22.1. The van der Waals surface area contributed by atoms with E-state index in [2.05, 4.69) is 12.1 Å². The number of para-hydroxylation sites is 1. The van der Waals surface area contributed by atoms with Gasteiger partial charge in [-0.2, -0.15) is 0 Å². The molecule has 0 saturated heterocycles. The average molecular weight is 547 g/mol. The van der Waals surface area contributed by atoms with Gasteiger partial charge in [0.2, 0.25) is 5.43 Å². The van der Waals surface area contributed by atoms with Crippen molar-refractivity contribution in [3.63, 3.8) is 0 Å². The molecule has 204 valence electrons. The highest BCUT2D eigenvalue weighted by Crippen LogP contribution is 2.45. The Morgan fingerprint density at radius 3 is 2.63 bits per heavy atom. The van der Waals surface area contributed by atoms with E-state index in [4.69, 9.17) is 18.6 Å². The van der Waals surface area contributed by atoms with Crippen LogP contribution < -0.4 is 19.6 Å². The van der Waals surface area contributed by atoms with E-state index >= 15 is 0 Å². The first kappa shape index (κ1) is 25.0. The largest absolute Gasteiger partial charge is 0.508 e. The molecule has 1 atom stereocenters. The Kier molecular flexibility index (Phi) is 6.19. The minimum Gasteiger partial charge on any atom is -0.508 e. The standard InChI is InChI=1S/C34H26O7/c35-23-8-6-21(7-9-23)27-19-40-34-25(33(27)37)10-12-30-32(34)26(18-31(36)41-30)24-3-1-2-4-29(24)39-15-13-20-5-11-28-22(17-20)14-16-38-28/h1-12,17,19,26,35H,13-16,18H2/t26-/m1/s1. The summed E-state index contributed by atoms with van der Waals surface area (Å²) in [6.07, 6.45) is 3.16. The molecule has 41 heavy (non-hydrogen) atoms. The number of esters is 1. The fourth-order valence-corrected chi connectivity index (χ4v) is 5.74. The zero-order chi connectivity index (χ0) is 27.9. The van der Waals surface area contributed by atoms with Gasteiger partial charge in [0, 0.05) is 29.9 Å². The fourth-order valence-electron chi connectivity index (χ4n) is 5.74. The molecule has 0 bridgehead atoms. The van der Waals surface area contributed by atoms with Crippen molar-refractivity contribution in [2.24, 2.45) is 0 Å². The number of benzene rings is 4. The van der Waals surface area contributed by atoms with Crippen LogP contribution in [0.4, 0.5) is 0 Å². The van der Waals surface area contributed by atoms with E-state index < -0.39 is 5.92 Å². The number of hydrogen-bond acceptors (Lipinski definition) is 7. The Balaban J connectivity index is 1.23. The van der Waals surface area contributed by atoms with Crippen LogP contribution in [0.5, 0.6) is 23.0 Å². The maximum atomic E-state index is 13.6. The molecular formula is C34H26O7. The highest BCUT2D eigenvalue weighted by molar-refractivity contribution is 5.90. The molecule has 7 nitrogen and oxygen atoms in total. The third-order valence-corrected chi connectivity index (χ3v) is 7.76. The van der Waals surface area contributed by atoms with Gasteiger partial charge in [0.15, 0.2) is 0 Å². The summed E-state index contributed by atoms with van der Waals surface area (Å²) in [7, 11) is 0. The molecule has 2 aliphatic heterocycles. The molecule has 0 unspecified atom stereocenters. The Morgan fingerprint density at radius 1 is 0.927 bits per heavy atom. The number of fused-ring (bicyclic) bond motifs is 4. The van der Waals surface area contributed by atoms with Crippen molar-refractivity contribution in [2.75, 3.05) is 13.2 Å². The highest BCUT2D eigenvalue weighted by atomic mass is 16.5. The number of aromatic hydroxyl groups is 1. The van der Waals surface area contributed by atoms with E-state index in [1.54, 1.807) is 24.3 Å². The minimum atomic E-state index is -0.425. The minimum absolute atomic E-state index is 0.0841. The van der Waals surface area contributed by atoms with Gasteiger partial charge in [-0.3, -0.25) is 9.59 Å². The Hall–Kier alpha value is -5.04. The zero-order valence-corrected chi connectivity index (χ0v) is 22.1. The maximum Gasteiger partial charge on any atom is 0.312 e. The van der Waals surface area contributed by atoms with Gasteiger partial charge >= 0.3 is 5.97 Å². The summed E-state index contributed by atoms with van der Waals surface area (Å²) in [5, 5.41) is 10.0. The third kappa shape index (κ3) is 4.59. The van der Waals surface area contributed by atoms with E-state index in [0.29, 0.717) is 45.8 Å². The summed E-state index contributed by atoms with van der Waals surface area (Å²) in [5.74, 6) is 1.32. The maximum absolute atomic E-state index is 13.6. The summed E-state index contributed by atoms with van der Waals surface area (Å²) in [6.45, 7) is 1.18. The molecule has 1 N–H and O–H groups in total. The first-order valence-corrected chi connectivity index (χ1v) is 13.6. The van der Waals surface area contributed by atoms with Crippen molar-refractivity contribution < 1.29 is 28.5 Å². The van der Waals surface area contributed by atoms with Crippen molar-refractivity contribution in [3.8, 4) is 34.1 Å². The summed E-state index contributed by atoms with van der Waals surface area (Å²) in [5.41, 5.74) is 5.05. The quantitative estimate of drug-likeness (QED) is 0.201. The lowest BCUT2D eigenvalue weighted by molar-refractivity contribution is -0.135. The van der Waals surface area contributed by atoms with E-state index in [9.17, 15) is 14.7 Å². The molecule has 3 heterocycles. The molecule has 7 heteroatoms. The van der Waals surface area contributed by atoms with Crippen LogP contribution in [0.25, 0.3) is 22.1 Å². The lowest BCUT2D eigenvalue weighted by atomic mass is 9.84. The van der Waals surface area contributed by atoms with Gasteiger partial charge in [0.1, 0.15) is 34.8 Å². The molecule has 4 aromatic carbocycles. The van der Waals surface area contributed by atoms with Crippen LogP contribution in [0.2, 0.25) is 0 Å². The van der Waals surface area contributed by atoms with E-state index in [1.807, 2.05) is 30.3 Å². The van der Waals surface area contributed by atoms with Crippen molar-refractivity contribution in [2.45, 2.75) is 25.2 Å². The molecule has 0 saturated carbocycles. The van der Waals surface area contributed by atoms with Crippen LogP contribution in [0, 0.1) is 0 Å². The van der Waals surface area contributed by atoms with Crippen LogP contribution in [0.1, 0.15) is 34.6 Å². The van der Waals surface area contributed by atoms with E-state index in [1.165, 1.54) is 29.5 Å². The van der Waals surface area contributed by atoms with Gasteiger partial charge in [-0.1, -0.05) is 42.5 Å². The fraction of sp³-hybridized carbons (Fsp3) is 0.176. The monoisotopic (exact) mass is 546 g/mol. The number of hydrogen-bond donors (Lipinski definition) is 1. The lowest BCUT2D eigenvalue weighted by Gasteiger charge is -2.27. The Morgan fingerprint density at radius 2 is 1.76 bits per heavy atom.